The molecular formula is C22H24N4O4. The van der Waals surface area contributed by atoms with Gasteiger partial charge >= 0.3 is 0 Å². The Hall–Kier alpha value is -3.28. The van der Waals surface area contributed by atoms with Crippen LogP contribution in [0.2, 0.25) is 0 Å². The molecule has 1 atom stereocenters. The lowest BCUT2D eigenvalue weighted by Gasteiger charge is -2.21. The van der Waals surface area contributed by atoms with E-state index in [0.29, 0.717) is 36.3 Å². The molecule has 1 aliphatic rings. The quantitative estimate of drug-likeness (QED) is 0.601. The Bertz CT molecular complexity index is 1070. The summed E-state index contributed by atoms with van der Waals surface area (Å²) in [4.78, 5) is 2.10. The minimum atomic E-state index is -0.367. The van der Waals surface area contributed by atoms with Crippen molar-refractivity contribution in [3.8, 4) is 17.6 Å². The summed E-state index contributed by atoms with van der Waals surface area (Å²) in [6, 6.07) is 11.9. The second-order valence-corrected chi connectivity index (χ2v) is 7.23. The van der Waals surface area contributed by atoms with Crippen LogP contribution >= 0.6 is 0 Å². The van der Waals surface area contributed by atoms with Crippen LogP contribution in [-0.2, 0) is 11.3 Å². The minimum Gasteiger partial charge on any atom is -0.497 e. The largest absolute Gasteiger partial charge is 0.497 e. The van der Waals surface area contributed by atoms with Gasteiger partial charge in [0.1, 0.15) is 23.1 Å². The van der Waals surface area contributed by atoms with Crippen molar-refractivity contribution in [1.82, 2.24) is 9.78 Å². The van der Waals surface area contributed by atoms with Crippen LogP contribution in [0.3, 0.4) is 0 Å². The summed E-state index contributed by atoms with van der Waals surface area (Å²) in [7, 11) is 3.17. The molecular weight excluding hydrogens is 384 g/mol. The molecule has 8 heteroatoms. The summed E-state index contributed by atoms with van der Waals surface area (Å²) < 4.78 is 17.8. The SMILES string of the molecule is COCOc1cc(N2CCC(O)C2)c2cnn(Cc3ccc(OC)cc3)c2c1C#N. The van der Waals surface area contributed by atoms with Crippen molar-refractivity contribution in [2.75, 3.05) is 39.0 Å². The fourth-order valence-electron chi connectivity index (χ4n) is 3.82. The smallest absolute Gasteiger partial charge is 0.188 e. The van der Waals surface area contributed by atoms with E-state index < -0.39 is 0 Å². The minimum absolute atomic E-state index is 0.0366. The number of fused-ring (bicyclic) bond motifs is 1. The van der Waals surface area contributed by atoms with Crippen LogP contribution in [0.4, 0.5) is 5.69 Å². The van der Waals surface area contributed by atoms with Gasteiger partial charge < -0.3 is 24.2 Å². The van der Waals surface area contributed by atoms with Gasteiger partial charge in [-0.05, 0) is 24.1 Å². The fourth-order valence-corrected chi connectivity index (χ4v) is 3.82. The Labute approximate surface area is 174 Å². The van der Waals surface area contributed by atoms with E-state index in [0.717, 1.165) is 28.9 Å². The topological polar surface area (TPSA) is 92.8 Å². The van der Waals surface area contributed by atoms with Gasteiger partial charge in [0.2, 0.25) is 0 Å². The Morgan fingerprint density at radius 1 is 1.27 bits per heavy atom. The van der Waals surface area contributed by atoms with Crippen molar-refractivity contribution in [2.24, 2.45) is 0 Å². The monoisotopic (exact) mass is 408 g/mol. The predicted molar refractivity (Wildman–Crippen MR) is 112 cm³/mol. The summed E-state index contributed by atoms with van der Waals surface area (Å²) in [6.07, 6.45) is 2.11. The van der Waals surface area contributed by atoms with E-state index in [4.69, 9.17) is 14.2 Å². The predicted octanol–water partition coefficient (Wildman–Crippen LogP) is 2.52. The number of methoxy groups -OCH3 is 2. The molecule has 0 amide bonds. The molecule has 156 valence electrons. The molecule has 0 radical (unpaired) electrons. The zero-order chi connectivity index (χ0) is 21.1. The Kier molecular flexibility index (Phi) is 5.74. The van der Waals surface area contributed by atoms with Crippen LogP contribution in [0.1, 0.15) is 17.5 Å². The highest BCUT2D eigenvalue weighted by Gasteiger charge is 2.26. The Morgan fingerprint density at radius 2 is 2.07 bits per heavy atom. The maximum Gasteiger partial charge on any atom is 0.188 e. The van der Waals surface area contributed by atoms with Crippen molar-refractivity contribution in [3.63, 3.8) is 0 Å². The van der Waals surface area contributed by atoms with Crippen LogP contribution in [0.25, 0.3) is 10.9 Å². The number of rotatable bonds is 7. The number of ether oxygens (including phenoxy) is 3. The van der Waals surface area contributed by atoms with Gasteiger partial charge in [-0.25, -0.2) is 0 Å². The highest BCUT2D eigenvalue weighted by molar-refractivity contribution is 5.97. The molecule has 0 saturated carbocycles. The number of β-amino-alcohol motifs (C(OH)–C–C–N with tert-alkyl or cyclic N) is 1. The number of anilines is 1. The maximum absolute atomic E-state index is 10.0. The van der Waals surface area contributed by atoms with Crippen molar-refractivity contribution in [2.45, 2.75) is 19.1 Å². The van der Waals surface area contributed by atoms with Gasteiger partial charge in [-0.1, -0.05) is 12.1 Å². The summed E-state index contributed by atoms with van der Waals surface area (Å²) in [5.41, 5.74) is 3.05. The fraction of sp³-hybridized carbons (Fsp3) is 0.364. The van der Waals surface area contributed by atoms with E-state index >= 15 is 0 Å². The van der Waals surface area contributed by atoms with Gasteiger partial charge in [0, 0.05) is 31.7 Å². The lowest BCUT2D eigenvalue weighted by Crippen LogP contribution is -2.21. The van der Waals surface area contributed by atoms with E-state index in [1.165, 1.54) is 7.11 Å². The molecule has 0 bridgehead atoms. The van der Waals surface area contributed by atoms with Crippen molar-refractivity contribution in [1.29, 1.82) is 5.26 Å². The molecule has 3 aromatic rings. The number of hydrogen-bond acceptors (Lipinski definition) is 7. The molecule has 1 aromatic heterocycles. The summed E-state index contributed by atoms with van der Waals surface area (Å²) in [5, 5.41) is 25.4. The number of nitriles is 1. The van der Waals surface area contributed by atoms with Gasteiger partial charge in [0.25, 0.3) is 0 Å². The second-order valence-electron chi connectivity index (χ2n) is 7.23. The third-order valence-corrected chi connectivity index (χ3v) is 5.31. The van der Waals surface area contributed by atoms with Gasteiger partial charge in [-0.15, -0.1) is 0 Å². The number of aromatic nitrogens is 2. The number of nitrogens with zero attached hydrogens (tertiary/aromatic N) is 4. The number of benzene rings is 2. The number of aliphatic hydroxyl groups excluding tert-OH is 1. The normalized spacial score (nSPS) is 16.1. The molecule has 1 unspecified atom stereocenters. The third kappa shape index (κ3) is 3.77. The molecule has 1 saturated heterocycles. The van der Waals surface area contributed by atoms with Crippen molar-refractivity contribution >= 4 is 16.6 Å². The molecule has 2 aromatic carbocycles. The lowest BCUT2D eigenvalue weighted by atomic mass is 10.1. The Morgan fingerprint density at radius 3 is 2.70 bits per heavy atom. The molecule has 4 rings (SSSR count). The van der Waals surface area contributed by atoms with Crippen LogP contribution in [-0.4, -0.2) is 55.1 Å². The summed E-state index contributed by atoms with van der Waals surface area (Å²) in [5.74, 6) is 1.23. The molecule has 8 nitrogen and oxygen atoms in total. The summed E-state index contributed by atoms with van der Waals surface area (Å²) >= 11 is 0. The molecule has 0 spiro atoms. The molecule has 2 heterocycles. The zero-order valence-electron chi connectivity index (χ0n) is 17.0. The summed E-state index contributed by atoms with van der Waals surface area (Å²) in [6.45, 7) is 1.80. The van der Waals surface area contributed by atoms with E-state index in [2.05, 4.69) is 16.1 Å². The number of hydrogen-bond donors (Lipinski definition) is 1. The van der Waals surface area contributed by atoms with Crippen LogP contribution in [0.5, 0.6) is 11.5 Å². The number of aliphatic hydroxyl groups is 1. The highest BCUT2D eigenvalue weighted by Crippen LogP contribution is 2.38. The van der Waals surface area contributed by atoms with Crippen molar-refractivity contribution in [3.05, 3.63) is 47.7 Å². The lowest BCUT2D eigenvalue weighted by molar-refractivity contribution is 0.0510. The van der Waals surface area contributed by atoms with Crippen molar-refractivity contribution < 1.29 is 19.3 Å². The van der Waals surface area contributed by atoms with Crippen LogP contribution in [0, 0.1) is 11.3 Å². The Balaban J connectivity index is 1.81. The first-order valence-electron chi connectivity index (χ1n) is 9.75. The van der Waals surface area contributed by atoms with E-state index in [9.17, 15) is 10.4 Å². The third-order valence-electron chi connectivity index (χ3n) is 5.31. The zero-order valence-corrected chi connectivity index (χ0v) is 17.0. The first kappa shape index (κ1) is 20.0. The van der Waals surface area contributed by atoms with Gasteiger partial charge in [-0.3, -0.25) is 4.68 Å². The van der Waals surface area contributed by atoms with E-state index in [1.807, 2.05) is 35.0 Å². The second kappa shape index (κ2) is 8.61. The van der Waals surface area contributed by atoms with Crippen LogP contribution < -0.4 is 14.4 Å². The molecule has 30 heavy (non-hydrogen) atoms. The maximum atomic E-state index is 10.0. The van der Waals surface area contributed by atoms with E-state index in [1.54, 1.807) is 13.3 Å². The molecule has 1 N–H and O–H groups in total. The first-order valence-corrected chi connectivity index (χ1v) is 9.75. The average molecular weight is 408 g/mol. The highest BCUT2D eigenvalue weighted by atomic mass is 16.7. The first-order chi connectivity index (χ1) is 14.6. The van der Waals surface area contributed by atoms with Gasteiger partial charge in [0.05, 0.1) is 37.2 Å². The molecule has 1 aliphatic heterocycles. The molecule has 1 fully saturated rings. The average Bonchev–Trinajstić information content (AvgIpc) is 3.38. The van der Waals surface area contributed by atoms with Gasteiger partial charge in [0.15, 0.2) is 6.79 Å². The van der Waals surface area contributed by atoms with E-state index in [-0.39, 0.29) is 12.9 Å². The van der Waals surface area contributed by atoms with Crippen LogP contribution in [0.15, 0.2) is 36.5 Å². The standard InChI is InChI=1S/C22H24N4O4/c1-28-14-30-21-9-20(25-8-7-16(27)13-25)19-11-24-26(22(19)18(21)10-23)12-15-3-5-17(29-2)6-4-15/h3-6,9,11,16,27H,7-8,12-14H2,1-2H3. The molecule has 0 aliphatic carbocycles. The van der Waals surface area contributed by atoms with Gasteiger partial charge in [-0.2, -0.15) is 10.4 Å².